The summed E-state index contributed by atoms with van der Waals surface area (Å²) in [4.78, 5) is 0. The number of hydrogen-bond donors (Lipinski definition) is 0. The van der Waals surface area contributed by atoms with Gasteiger partial charge in [0.05, 0.1) is 5.69 Å². The van der Waals surface area contributed by atoms with Gasteiger partial charge in [-0.1, -0.05) is 35.9 Å². The van der Waals surface area contributed by atoms with E-state index in [1.165, 1.54) is 11.1 Å². The lowest BCUT2D eigenvalue weighted by Crippen LogP contribution is -1.89. The zero-order chi connectivity index (χ0) is 9.54. The molecule has 0 aliphatic heterocycles. The highest BCUT2D eigenvalue weighted by molar-refractivity contribution is 6.29. The first-order valence-corrected chi connectivity index (χ1v) is 4.83. The van der Waals surface area contributed by atoms with Crippen molar-refractivity contribution in [2.45, 2.75) is 6.42 Å². The van der Waals surface area contributed by atoms with Crippen LogP contribution in [0.15, 0.2) is 30.3 Å². The quantitative estimate of drug-likeness (QED) is 0.560. The minimum atomic E-state index is 0.459. The Morgan fingerprint density at radius 1 is 1.07 bits per heavy atom. The van der Waals surface area contributed by atoms with Gasteiger partial charge in [0.1, 0.15) is 0 Å². The Kier molecular flexibility index (Phi) is 1.58. The molecule has 0 saturated heterocycles. The highest BCUT2D eigenvalue weighted by atomic mass is 35.5. The normalized spacial score (nSPS) is 12.4. The van der Waals surface area contributed by atoms with E-state index >= 15 is 0 Å². The minimum Gasteiger partial charge on any atom is -0.153 e. The van der Waals surface area contributed by atoms with Crippen LogP contribution in [-0.2, 0) is 6.42 Å². The first kappa shape index (κ1) is 7.94. The fraction of sp³-hybridized carbons (Fsp3) is 0.0909. The van der Waals surface area contributed by atoms with Gasteiger partial charge >= 0.3 is 0 Å². The maximum atomic E-state index is 5.82. The fourth-order valence-electron chi connectivity index (χ4n) is 1.87. The lowest BCUT2D eigenvalue weighted by Gasteiger charge is -1.98. The van der Waals surface area contributed by atoms with E-state index in [2.05, 4.69) is 22.3 Å². The molecule has 0 unspecified atom stereocenters. The Morgan fingerprint density at radius 2 is 1.93 bits per heavy atom. The summed E-state index contributed by atoms with van der Waals surface area (Å²) in [6.07, 6.45) is 0.871. The van der Waals surface area contributed by atoms with Gasteiger partial charge in [-0.05, 0) is 17.2 Å². The molecule has 1 aliphatic carbocycles. The van der Waals surface area contributed by atoms with Crippen molar-refractivity contribution in [2.75, 3.05) is 0 Å². The van der Waals surface area contributed by atoms with Crippen LogP contribution in [0, 0.1) is 0 Å². The molecule has 0 fully saturated rings. The molecule has 2 aromatic rings. The van der Waals surface area contributed by atoms with E-state index in [1.807, 2.05) is 18.2 Å². The van der Waals surface area contributed by atoms with Gasteiger partial charge in [0.15, 0.2) is 5.15 Å². The van der Waals surface area contributed by atoms with Crippen molar-refractivity contribution < 1.29 is 0 Å². The first-order valence-electron chi connectivity index (χ1n) is 4.45. The third-order valence-corrected chi connectivity index (χ3v) is 2.69. The summed E-state index contributed by atoms with van der Waals surface area (Å²) in [6, 6.07) is 10.2. The zero-order valence-corrected chi connectivity index (χ0v) is 8.12. The maximum Gasteiger partial charge on any atom is 0.152 e. The average molecular weight is 203 g/mol. The monoisotopic (exact) mass is 202 g/mol. The Morgan fingerprint density at radius 3 is 2.86 bits per heavy atom. The van der Waals surface area contributed by atoms with Crippen LogP contribution >= 0.6 is 11.6 Å². The number of benzene rings is 1. The van der Waals surface area contributed by atoms with E-state index in [1.54, 1.807) is 0 Å². The standard InChI is InChI=1S/C11H7ClN2/c12-11-6-9-8-4-2-1-3-7(8)5-10(9)13-14-11/h1-4,6H,5H2. The van der Waals surface area contributed by atoms with Crippen LogP contribution in [0.3, 0.4) is 0 Å². The summed E-state index contributed by atoms with van der Waals surface area (Å²) >= 11 is 5.82. The van der Waals surface area contributed by atoms with E-state index < -0.39 is 0 Å². The van der Waals surface area contributed by atoms with Gasteiger partial charge in [0.2, 0.25) is 0 Å². The number of halogens is 1. The van der Waals surface area contributed by atoms with Gasteiger partial charge in [-0.2, -0.15) is 5.10 Å². The second-order valence-corrected chi connectivity index (χ2v) is 3.75. The molecule has 0 spiro atoms. The van der Waals surface area contributed by atoms with Crippen LogP contribution < -0.4 is 0 Å². The van der Waals surface area contributed by atoms with Gasteiger partial charge < -0.3 is 0 Å². The highest BCUT2D eigenvalue weighted by Crippen LogP contribution is 2.35. The van der Waals surface area contributed by atoms with Crippen LogP contribution in [0.4, 0.5) is 0 Å². The van der Waals surface area contributed by atoms with Crippen molar-refractivity contribution >= 4 is 11.6 Å². The molecule has 1 aromatic carbocycles. The van der Waals surface area contributed by atoms with Crippen LogP contribution in [0.5, 0.6) is 0 Å². The van der Waals surface area contributed by atoms with Crippen LogP contribution in [0.1, 0.15) is 11.3 Å². The fourth-order valence-corrected chi connectivity index (χ4v) is 2.02. The number of fused-ring (bicyclic) bond motifs is 3. The molecule has 0 radical (unpaired) electrons. The molecule has 2 nitrogen and oxygen atoms in total. The first-order chi connectivity index (χ1) is 6.84. The Labute approximate surface area is 86.6 Å². The van der Waals surface area contributed by atoms with Crippen molar-refractivity contribution in [1.82, 2.24) is 10.2 Å². The highest BCUT2D eigenvalue weighted by Gasteiger charge is 2.19. The van der Waals surface area contributed by atoms with Crippen molar-refractivity contribution in [3.05, 3.63) is 46.7 Å². The summed E-state index contributed by atoms with van der Waals surface area (Å²) in [7, 11) is 0. The van der Waals surface area contributed by atoms with Gasteiger partial charge in [-0.3, -0.25) is 0 Å². The lowest BCUT2D eigenvalue weighted by molar-refractivity contribution is 0.960. The molecule has 1 aliphatic rings. The Bertz CT molecular complexity index is 508. The predicted molar refractivity (Wildman–Crippen MR) is 55.3 cm³/mol. The number of nitrogens with zero attached hydrogens (tertiary/aromatic N) is 2. The molecule has 1 aromatic heterocycles. The number of hydrogen-bond acceptors (Lipinski definition) is 2. The van der Waals surface area contributed by atoms with Gasteiger partial charge in [0, 0.05) is 12.0 Å². The SMILES string of the molecule is Clc1cc2c(nn1)Cc1ccccc1-2. The van der Waals surface area contributed by atoms with Crippen molar-refractivity contribution in [2.24, 2.45) is 0 Å². The summed E-state index contributed by atoms with van der Waals surface area (Å²) in [6.45, 7) is 0. The van der Waals surface area contributed by atoms with Crippen LogP contribution in [0.25, 0.3) is 11.1 Å². The van der Waals surface area contributed by atoms with Gasteiger partial charge in [-0.25, -0.2) is 0 Å². The molecule has 0 bridgehead atoms. The minimum absolute atomic E-state index is 0.459. The predicted octanol–water partition coefficient (Wildman–Crippen LogP) is 2.70. The largest absolute Gasteiger partial charge is 0.153 e. The zero-order valence-electron chi connectivity index (χ0n) is 7.37. The molecule has 0 saturated carbocycles. The van der Waals surface area contributed by atoms with Gasteiger partial charge in [-0.15, -0.1) is 5.10 Å². The van der Waals surface area contributed by atoms with E-state index in [0.29, 0.717) is 5.15 Å². The molecule has 0 amide bonds. The number of aromatic nitrogens is 2. The van der Waals surface area contributed by atoms with Crippen LogP contribution in [0.2, 0.25) is 5.15 Å². The second kappa shape index (κ2) is 2.79. The lowest BCUT2D eigenvalue weighted by atomic mass is 10.1. The topological polar surface area (TPSA) is 25.8 Å². The molecule has 0 atom stereocenters. The third-order valence-electron chi connectivity index (χ3n) is 2.51. The van der Waals surface area contributed by atoms with Crippen LogP contribution in [-0.4, -0.2) is 10.2 Å². The molecule has 1 heterocycles. The molecular weight excluding hydrogens is 196 g/mol. The molecule has 3 heteroatoms. The summed E-state index contributed by atoms with van der Waals surface area (Å²) in [5.74, 6) is 0. The number of rotatable bonds is 0. The maximum absolute atomic E-state index is 5.82. The summed E-state index contributed by atoms with van der Waals surface area (Å²) in [5, 5.41) is 8.40. The molecular formula is C11H7ClN2. The Balaban J connectivity index is 2.30. The average Bonchev–Trinajstić information content (AvgIpc) is 2.56. The molecule has 0 N–H and O–H groups in total. The van der Waals surface area contributed by atoms with E-state index in [4.69, 9.17) is 11.6 Å². The van der Waals surface area contributed by atoms with E-state index in [0.717, 1.165) is 17.7 Å². The van der Waals surface area contributed by atoms with Gasteiger partial charge in [0.25, 0.3) is 0 Å². The molecule has 3 rings (SSSR count). The van der Waals surface area contributed by atoms with Crippen molar-refractivity contribution in [3.63, 3.8) is 0 Å². The Hall–Kier alpha value is -1.41. The van der Waals surface area contributed by atoms with E-state index in [-0.39, 0.29) is 0 Å². The summed E-state index contributed by atoms with van der Waals surface area (Å²) in [5.41, 5.74) is 4.69. The second-order valence-electron chi connectivity index (χ2n) is 3.36. The van der Waals surface area contributed by atoms with E-state index in [9.17, 15) is 0 Å². The molecule has 14 heavy (non-hydrogen) atoms. The van der Waals surface area contributed by atoms with Crippen molar-refractivity contribution in [1.29, 1.82) is 0 Å². The smallest absolute Gasteiger partial charge is 0.152 e. The summed E-state index contributed by atoms with van der Waals surface area (Å²) < 4.78 is 0. The third kappa shape index (κ3) is 1.04. The molecule has 68 valence electrons. The van der Waals surface area contributed by atoms with Crippen molar-refractivity contribution in [3.8, 4) is 11.1 Å².